The third kappa shape index (κ3) is 13.6. The minimum atomic E-state index is -1.52. The van der Waals surface area contributed by atoms with Gasteiger partial charge in [-0.15, -0.1) is 0 Å². The third-order valence-electron chi connectivity index (χ3n) is 5.84. The van der Waals surface area contributed by atoms with Crippen molar-refractivity contribution < 1.29 is 34.8 Å². The van der Waals surface area contributed by atoms with Crippen molar-refractivity contribution in [3.8, 4) is 0 Å². The zero-order valence-corrected chi connectivity index (χ0v) is 20.4. The average Bonchev–Trinajstić information content (AvgIpc) is 2.86. The van der Waals surface area contributed by atoms with Gasteiger partial charge < -0.3 is 30.5 Å². The summed E-state index contributed by atoms with van der Waals surface area (Å²) >= 11 is 0. The molecule has 0 spiro atoms. The van der Waals surface area contributed by atoms with Crippen molar-refractivity contribution in [1.29, 1.82) is 0 Å². The Bertz CT molecular complexity index is 670. The quantitative estimate of drug-likeness (QED) is 0.151. The first kappa shape index (κ1) is 30.0. The Hall–Kier alpha value is -2.00. The molecule has 8 nitrogen and oxygen atoms in total. The highest BCUT2D eigenvalue weighted by Gasteiger charge is 2.29. The Morgan fingerprint density at radius 3 is 1.91 bits per heavy atom. The van der Waals surface area contributed by atoms with Crippen LogP contribution in [0.2, 0.25) is 0 Å². The highest BCUT2D eigenvalue weighted by Crippen LogP contribution is 2.12. The summed E-state index contributed by atoms with van der Waals surface area (Å²) in [5, 5.41) is 41.4. The van der Waals surface area contributed by atoms with Crippen molar-refractivity contribution >= 4 is 11.9 Å². The molecule has 0 saturated carbocycles. The zero-order chi connectivity index (χ0) is 25.2. The number of nitrogens with one attached hydrogen (secondary N) is 1. The Kier molecular flexibility index (Phi) is 16.2. The van der Waals surface area contributed by atoms with Crippen molar-refractivity contribution in [2.45, 2.75) is 109 Å². The zero-order valence-electron chi connectivity index (χ0n) is 20.4. The molecule has 0 aromatic heterocycles. The average molecular weight is 482 g/mol. The van der Waals surface area contributed by atoms with E-state index in [1.165, 1.54) is 0 Å². The number of carbonyl (C=O) groups excluding carboxylic acids is 2. The second kappa shape index (κ2) is 18.3. The summed E-state index contributed by atoms with van der Waals surface area (Å²) in [6.45, 7) is 1.81. The maximum Gasteiger partial charge on any atom is 0.306 e. The molecule has 0 heterocycles. The number of hydrogen-bond acceptors (Lipinski definition) is 7. The number of unbranched alkanes of at least 4 members (excludes halogenated alkanes) is 7. The number of amides is 1. The van der Waals surface area contributed by atoms with Gasteiger partial charge in [-0.3, -0.25) is 9.59 Å². The van der Waals surface area contributed by atoms with Crippen LogP contribution in [0.4, 0.5) is 0 Å². The SMILES string of the molecule is CC[C@@H](O)[C@@H](O)[C@H](O)[C@@H](O)CNC(=O)CCCCCCCCCCC(=O)OCc1ccccc1. The number of benzene rings is 1. The van der Waals surface area contributed by atoms with Crippen molar-refractivity contribution in [2.24, 2.45) is 0 Å². The Labute approximate surface area is 203 Å². The van der Waals surface area contributed by atoms with Crippen LogP contribution in [0.15, 0.2) is 30.3 Å². The van der Waals surface area contributed by atoms with E-state index in [4.69, 9.17) is 4.74 Å². The predicted octanol–water partition coefficient (Wildman–Crippen LogP) is 2.60. The summed E-state index contributed by atoms with van der Waals surface area (Å²) in [4.78, 5) is 23.6. The van der Waals surface area contributed by atoms with E-state index in [1.807, 2.05) is 30.3 Å². The number of aliphatic hydroxyl groups is 4. The van der Waals surface area contributed by atoms with Crippen LogP contribution in [0.1, 0.15) is 83.1 Å². The van der Waals surface area contributed by atoms with E-state index in [-0.39, 0.29) is 24.8 Å². The molecule has 34 heavy (non-hydrogen) atoms. The third-order valence-corrected chi connectivity index (χ3v) is 5.84. The lowest BCUT2D eigenvalue weighted by Gasteiger charge is -2.26. The molecule has 0 radical (unpaired) electrons. The van der Waals surface area contributed by atoms with E-state index in [0.717, 1.165) is 56.9 Å². The lowest BCUT2D eigenvalue weighted by molar-refractivity contribution is -0.145. The van der Waals surface area contributed by atoms with Gasteiger partial charge in [-0.2, -0.15) is 0 Å². The van der Waals surface area contributed by atoms with Crippen LogP contribution in [0.5, 0.6) is 0 Å². The monoisotopic (exact) mass is 481 g/mol. The Morgan fingerprint density at radius 2 is 1.32 bits per heavy atom. The number of rotatable bonds is 19. The lowest BCUT2D eigenvalue weighted by Crippen LogP contribution is -2.48. The number of aliphatic hydroxyl groups excluding tert-OH is 4. The van der Waals surface area contributed by atoms with Crippen LogP contribution in [0.25, 0.3) is 0 Å². The van der Waals surface area contributed by atoms with Crippen molar-refractivity contribution in [1.82, 2.24) is 5.32 Å². The summed E-state index contributed by atoms with van der Waals surface area (Å²) in [5.74, 6) is -0.366. The van der Waals surface area contributed by atoms with E-state index < -0.39 is 24.4 Å². The highest BCUT2D eigenvalue weighted by atomic mass is 16.5. The minimum Gasteiger partial charge on any atom is -0.461 e. The van der Waals surface area contributed by atoms with E-state index in [1.54, 1.807) is 6.92 Å². The van der Waals surface area contributed by atoms with Crippen molar-refractivity contribution in [3.63, 3.8) is 0 Å². The summed E-state index contributed by atoms with van der Waals surface area (Å²) in [6, 6.07) is 9.64. The number of carbonyl (C=O) groups is 2. The Balaban J connectivity index is 1.93. The molecule has 0 saturated heterocycles. The second-order valence-corrected chi connectivity index (χ2v) is 8.80. The van der Waals surface area contributed by atoms with E-state index in [2.05, 4.69) is 5.32 Å². The van der Waals surface area contributed by atoms with Gasteiger partial charge in [0.15, 0.2) is 0 Å². The summed E-state index contributed by atoms with van der Waals surface area (Å²) in [5.41, 5.74) is 0.993. The number of hydrogen-bond donors (Lipinski definition) is 5. The second-order valence-electron chi connectivity index (χ2n) is 8.80. The van der Waals surface area contributed by atoms with Crippen LogP contribution in [0.3, 0.4) is 0 Å². The molecule has 4 atom stereocenters. The molecule has 194 valence electrons. The highest BCUT2D eigenvalue weighted by molar-refractivity contribution is 5.75. The molecule has 0 bridgehead atoms. The van der Waals surface area contributed by atoms with Crippen LogP contribution < -0.4 is 5.32 Å². The van der Waals surface area contributed by atoms with Crippen LogP contribution >= 0.6 is 0 Å². The molecule has 0 aliphatic heterocycles. The van der Waals surface area contributed by atoms with Gasteiger partial charge in [0.05, 0.1) is 12.2 Å². The molecule has 1 amide bonds. The fourth-order valence-corrected chi connectivity index (χ4v) is 3.55. The van der Waals surface area contributed by atoms with E-state index in [9.17, 15) is 30.0 Å². The smallest absolute Gasteiger partial charge is 0.306 e. The van der Waals surface area contributed by atoms with Crippen LogP contribution in [0, 0.1) is 0 Å². The molecule has 5 N–H and O–H groups in total. The maximum absolute atomic E-state index is 11.9. The summed E-state index contributed by atoms with van der Waals surface area (Å²) in [7, 11) is 0. The van der Waals surface area contributed by atoms with Gasteiger partial charge in [-0.25, -0.2) is 0 Å². The molecule has 0 aliphatic rings. The molecular formula is C26H43NO7. The summed E-state index contributed by atoms with van der Waals surface area (Å²) in [6.07, 6.45) is 3.42. The molecular weight excluding hydrogens is 438 g/mol. The minimum absolute atomic E-state index is 0.154. The van der Waals surface area contributed by atoms with Gasteiger partial charge in [0.2, 0.25) is 5.91 Å². The van der Waals surface area contributed by atoms with Crippen LogP contribution in [-0.4, -0.2) is 63.3 Å². The fourth-order valence-electron chi connectivity index (χ4n) is 3.55. The first-order valence-corrected chi connectivity index (χ1v) is 12.5. The first-order chi connectivity index (χ1) is 16.3. The first-order valence-electron chi connectivity index (χ1n) is 12.5. The lowest BCUT2D eigenvalue weighted by atomic mass is 10.0. The predicted molar refractivity (Wildman–Crippen MR) is 130 cm³/mol. The van der Waals surface area contributed by atoms with Gasteiger partial charge in [0, 0.05) is 19.4 Å². The largest absolute Gasteiger partial charge is 0.461 e. The topological polar surface area (TPSA) is 136 Å². The standard InChI is InChI=1S/C26H43NO7/c1-2-21(28)25(32)26(33)22(29)18-27-23(30)16-12-7-5-3-4-6-8-13-17-24(31)34-19-20-14-10-9-11-15-20/h9-11,14-15,21-22,25-26,28-29,32-33H,2-8,12-13,16-19H2,1H3,(H,27,30)/t21-,22+,25-,26-/m1/s1. The van der Waals surface area contributed by atoms with Gasteiger partial charge in [0.1, 0.15) is 18.8 Å². The fraction of sp³-hybridized carbons (Fsp3) is 0.692. The van der Waals surface area contributed by atoms with Gasteiger partial charge in [-0.05, 0) is 24.8 Å². The number of ether oxygens (including phenoxy) is 1. The van der Waals surface area contributed by atoms with Gasteiger partial charge in [0.25, 0.3) is 0 Å². The maximum atomic E-state index is 11.9. The van der Waals surface area contributed by atoms with Crippen molar-refractivity contribution in [2.75, 3.05) is 6.54 Å². The normalized spacial score (nSPS) is 14.7. The molecule has 0 unspecified atom stereocenters. The molecule has 1 aromatic rings. The van der Waals surface area contributed by atoms with Crippen LogP contribution in [-0.2, 0) is 20.9 Å². The van der Waals surface area contributed by atoms with E-state index in [0.29, 0.717) is 19.4 Å². The Morgan fingerprint density at radius 1 is 0.794 bits per heavy atom. The molecule has 1 aromatic carbocycles. The molecule has 1 rings (SSSR count). The number of esters is 1. The summed E-state index contributed by atoms with van der Waals surface area (Å²) < 4.78 is 5.27. The van der Waals surface area contributed by atoms with Crippen molar-refractivity contribution in [3.05, 3.63) is 35.9 Å². The van der Waals surface area contributed by atoms with Gasteiger partial charge >= 0.3 is 5.97 Å². The molecule has 0 aliphatic carbocycles. The van der Waals surface area contributed by atoms with Gasteiger partial charge in [-0.1, -0.05) is 75.8 Å². The molecule has 8 heteroatoms. The molecule has 0 fully saturated rings. The van der Waals surface area contributed by atoms with E-state index >= 15 is 0 Å².